The second-order valence-corrected chi connectivity index (χ2v) is 7.05. The van der Waals surface area contributed by atoms with Gasteiger partial charge in [-0.3, -0.25) is 9.69 Å². The number of aromatic nitrogens is 1. The summed E-state index contributed by atoms with van der Waals surface area (Å²) in [4.78, 5) is 18.0. The number of rotatable bonds is 2. The molecule has 5 heteroatoms. The summed E-state index contributed by atoms with van der Waals surface area (Å²) in [6.45, 7) is 1.97. The topological polar surface area (TPSA) is 56.3 Å². The van der Waals surface area contributed by atoms with Crippen LogP contribution < -0.4 is 4.90 Å². The summed E-state index contributed by atoms with van der Waals surface area (Å²) in [6, 6.07) is 13.1. The van der Waals surface area contributed by atoms with E-state index in [9.17, 15) is 9.90 Å². The minimum Gasteiger partial charge on any atom is -0.372 e. The van der Waals surface area contributed by atoms with E-state index in [0.717, 1.165) is 21.1 Å². The first-order valence-corrected chi connectivity index (χ1v) is 8.63. The van der Waals surface area contributed by atoms with Gasteiger partial charge in [-0.2, -0.15) is 0 Å². The molecular formula is C20H15BrN2O2. The summed E-state index contributed by atoms with van der Waals surface area (Å²) >= 11 is 3.44. The number of fused-ring (bicyclic) bond motifs is 2. The number of nitrogens with one attached hydrogen (secondary N) is 1. The van der Waals surface area contributed by atoms with E-state index >= 15 is 0 Å². The number of carbonyl (C=O) groups is 1. The molecule has 0 fully saturated rings. The molecule has 3 aromatic rings. The van der Waals surface area contributed by atoms with Gasteiger partial charge in [-0.05, 0) is 31.2 Å². The lowest BCUT2D eigenvalue weighted by atomic mass is 9.85. The molecule has 0 radical (unpaired) electrons. The Labute approximate surface area is 153 Å². The highest BCUT2D eigenvalue weighted by Gasteiger charge is 2.52. The Morgan fingerprint density at radius 2 is 2.08 bits per heavy atom. The molecule has 0 saturated carbocycles. The van der Waals surface area contributed by atoms with Crippen molar-refractivity contribution in [2.75, 3.05) is 11.4 Å². The van der Waals surface area contributed by atoms with Gasteiger partial charge >= 0.3 is 0 Å². The second-order valence-electron chi connectivity index (χ2n) is 6.14. The zero-order chi connectivity index (χ0) is 17.8. The molecule has 124 valence electrons. The number of H-pyrrole nitrogens is 1. The number of hydrogen-bond acceptors (Lipinski definition) is 2. The Balaban J connectivity index is 2.06. The maximum atomic E-state index is 13.2. The van der Waals surface area contributed by atoms with Crippen LogP contribution in [0.5, 0.6) is 0 Å². The summed E-state index contributed by atoms with van der Waals surface area (Å²) in [5.74, 6) is 2.08. The number of para-hydroxylation sites is 1. The van der Waals surface area contributed by atoms with Crippen LogP contribution in [0.2, 0.25) is 0 Å². The number of terminal acetylenes is 1. The van der Waals surface area contributed by atoms with Gasteiger partial charge in [0.25, 0.3) is 5.91 Å². The van der Waals surface area contributed by atoms with Gasteiger partial charge in [-0.25, -0.2) is 0 Å². The lowest BCUT2D eigenvalue weighted by Crippen LogP contribution is -2.41. The quantitative estimate of drug-likeness (QED) is 0.653. The number of nitrogens with zero attached hydrogens (tertiary/aromatic N) is 1. The highest BCUT2D eigenvalue weighted by atomic mass is 79.9. The predicted molar refractivity (Wildman–Crippen MR) is 101 cm³/mol. The van der Waals surface area contributed by atoms with Crippen LogP contribution in [0.1, 0.15) is 16.8 Å². The lowest BCUT2D eigenvalue weighted by Gasteiger charge is -2.23. The fraction of sp³-hybridized carbons (Fsp3) is 0.150. The fourth-order valence-electron chi connectivity index (χ4n) is 3.69. The van der Waals surface area contributed by atoms with E-state index in [4.69, 9.17) is 6.42 Å². The predicted octanol–water partition coefficient (Wildman–Crippen LogP) is 3.45. The number of amides is 1. The number of benzene rings is 2. The molecule has 2 aromatic carbocycles. The second kappa shape index (κ2) is 5.48. The lowest BCUT2D eigenvalue weighted by molar-refractivity contribution is -0.132. The number of aromatic amines is 1. The molecule has 4 rings (SSSR count). The van der Waals surface area contributed by atoms with Crippen molar-refractivity contribution in [2.24, 2.45) is 0 Å². The first-order chi connectivity index (χ1) is 12.0. The van der Waals surface area contributed by atoms with Crippen molar-refractivity contribution in [3.8, 4) is 12.3 Å². The molecule has 4 nitrogen and oxygen atoms in total. The molecule has 0 saturated heterocycles. The van der Waals surface area contributed by atoms with Crippen LogP contribution in [0.25, 0.3) is 10.9 Å². The minimum absolute atomic E-state index is 0.108. The van der Waals surface area contributed by atoms with Gasteiger partial charge in [0, 0.05) is 32.2 Å². The molecule has 0 spiro atoms. The zero-order valence-electron chi connectivity index (χ0n) is 13.5. The van der Waals surface area contributed by atoms with Crippen LogP contribution in [0, 0.1) is 19.3 Å². The summed E-state index contributed by atoms with van der Waals surface area (Å²) in [5.41, 5.74) is 1.61. The van der Waals surface area contributed by atoms with Crippen LogP contribution in [-0.2, 0) is 10.4 Å². The van der Waals surface area contributed by atoms with E-state index < -0.39 is 11.5 Å². The van der Waals surface area contributed by atoms with Gasteiger partial charge in [-0.15, -0.1) is 6.42 Å². The van der Waals surface area contributed by atoms with Gasteiger partial charge in [0.15, 0.2) is 5.60 Å². The van der Waals surface area contributed by atoms with Crippen LogP contribution in [0.15, 0.2) is 46.9 Å². The molecule has 0 bridgehead atoms. The van der Waals surface area contributed by atoms with Gasteiger partial charge in [-0.1, -0.05) is 40.0 Å². The number of hydrogen-bond donors (Lipinski definition) is 2. The molecule has 1 amide bonds. The van der Waals surface area contributed by atoms with Crippen molar-refractivity contribution in [3.05, 3.63) is 63.8 Å². The molecule has 0 unspecified atom stereocenters. The highest BCUT2D eigenvalue weighted by molar-refractivity contribution is 9.10. The van der Waals surface area contributed by atoms with E-state index in [1.165, 1.54) is 4.90 Å². The standard InChI is InChI=1S/C20H15BrN2O2/c1-3-10-23-17-9-8-13(21)11-15(17)20(25,19(23)24)18-12(2)22-16-7-5-4-6-14(16)18/h1,4-9,11,22,25H,10H2,2H3/t20-/m1/s1. The number of halogens is 1. The van der Waals surface area contributed by atoms with E-state index in [1.807, 2.05) is 37.3 Å². The molecule has 1 aliphatic rings. The maximum Gasteiger partial charge on any atom is 0.269 e. The molecule has 2 heterocycles. The maximum absolute atomic E-state index is 13.2. The molecule has 1 aromatic heterocycles. The van der Waals surface area contributed by atoms with Crippen molar-refractivity contribution >= 4 is 38.4 Å². The highest BCUT2D eigenvalue weighted by Crippen LogP contribution is 2.48. The third-order valence-corrected chi connectivity index (χ3v) is 5.19. The van der Waals surface area contributed by atoms with Gasteiger partial charge < -0.3 is 10.1 Å². The van der Waals surface area contributed by atoms with Crippen molar-refractivity contribution < 1.29 is 9.90 Å². The van der Waals surface area contributed by atoms with Crippen LogP contribution in [0.4, 0.5) is 5.69 Å². The summed E-state index contributed by atoms with van der Waals surface area (Å²) in [6.07, 6.45) is 5.44. The SMILES string of the molecule is C#CCN1C(=O)[C@](O)(c2c(C)[nH]c3ccccc23)c2cc(Br)ccc21. The molecule has 2 N–H and O–H groups in total. The first-order valence-electron chi connectivity index (χ1n) is 7.84. The Kier molecular flexibility index (Phi) is 3.50. The van der Waals surface area contributed by atoms with E-state index in [-0.39, 0.29) is 6.54 Å². The van der Waals surface area contributed by atoms with Crippen LogP contribution >= 0.6 is 15.9 Å². The number of anilines is 1. The Morgan fingerprint density at radius 3 is 2.84 bits per heavy atom. The Morgan fingerprint density at radius 1 is 1.32 bits per heavy atom. The monoisotopic (exact) mass is 394 g/mol. The number of aliphatic hydroxyl groups is 1. The van der Waals surface area contributed by atoms with Gasteiger partial charge in [0.05, 0.1) is 12.2 Å². The van der Waals surface area contributed by atoms with E-state index in [2.05, 4.69) is 26.8 Å². The van der Waals surface area contributed by atoms with Crippen molar-refractivity contribution in [2.45, 2.75) is 12.5 Å². The molecule has 1 atom stereocenters. The van der Waals surface area contributed by atoms with Crippen LogP contribution in [0.3, 0.4) is 0 Å². The van der Waals surface area contributed by atoms with Crippen molar-refractivity contribution in [1.82, 2.24) is 4.98 Å². The summed E-state index contributed by atoms with van der Waals surface area (Å²) in [7, 11) is 0. The summed E-state index contributed by atoms with van der Waals surface area (Å²) in [5, 5.41) is 12.5. The number of aryl methyl sites for hydroxylation is 1. The zero-order valence-corrected chi connectivity index (χ0v) is 15.1. The smallest absolute Gasteiger partial charge is 0.269 e. The third-order valence-electron chi connectivity index (χ3n) is 4.70. The van der Waals surface area contributed by atoms with Crippen molar-refractivity contribution in [3.63, 3.8) is 0 Å². The molecular weight excluding hydrogens is 380 g/mol. The average Bonchev–Trinajstić information content (AvgIpc) is 3.03. The molecule has 0 aliphatic carbocycles. The Hall–Kier alpha value is -2.55. The molecule has 25 heavy (non-hydrogen) atoms. The number of carbonyl (C=O) groups excluding carboxylic acids is 1. The fourth-order valence-corrected chi connectivity index (χ4v) is 4.05. The van der Waals surface area contributed by atoms with Gasteiger partial charge in [0.2, 0.25) is 0 Å². The third kappa shape index (κ3) is 2.08. The van der Waals surface area contributed by atoms with Gasteiger partial charge in [0.1, 0.15) is 0 Å². The van der Waals surface area contributed by atoms with Crippen molar-refractivity contribution in [1.29, 1.82) is 0 Å². The largest absolute Gasteiger partial charge is 0.372 e. The summed E-state index contributed by atoms with van der Waals surface area (Å²) < 4.78 is 0.789. The minimum atomic E-state index is -1.78. The normalized spacial score (nSPS) is 19.3. The average molecular weight is 395 g/mol. The first kappa shape index (κ1) is 15.9. The molecule has 1 aliphatic heterocycles. The van der Waals surface area contributed by atoms with Crippen LogP contribution in [-0.4, -0.2) is 22.5 Å². The van der Waals surface area contributed by atoms with E-state index in [1.54, 1.807) is 12.1 Å². The Bertz CT molecular complexity index is 1060. The van der Waals surface area contributed by atoms with E-state index in [0.29, 0.717) is 16.8 Å².